The van der Waals surface area contributed by atoms with Crippen molar-refractivity contribution in [1.82, 2.24) is 4.90 Å². The predicted octanol–water partition coefficient (Wildman–Crippen LogP) is 0.894. The molecule has 5 atom stereocenters. The molecule has 5 unspecified atom stereocenters. The molecule has 18 heavy (non-hydrogen) atoms. The molecule has 4 nitrogen and oxygen atoms in total. The summed E-state index contributed by atoms with van der Waals surface area (Å²) in [6.45, 7) is 1.04. The number of aliphatic imine (C=N–C) groups is 1. The number of halogens is 2. The van der Waals surface area contributed by atoms with Gasteiger partial charge in [0.1, 0.15) is 12.1 Å². The number of fused-ring (bicyclic) bond motifs is 1. The average Bonchev–Trinajstić information content (AvgIpc) is 3.01. The van der Waals surface area contributed by atoms with Crippen molar-refractivity contribution in [3.05, 3.63) is 0 Å². The molecule has 1 N–H and O–H groups in total. The summed E-state index contributed by atoms with van der Waals surface area (Å²) >= 11 is 0. The lowest BCUT2D eigenvalue weighted by molar-refractivity contribution is -0.0554. The van der Waals surface area contributed by atoms with Gasteiger partial charge >= 0.3 is 0 Å². The van der Waals surface area contributed by atoms with Crippen LogP contribution in [0.15, 0.2) is 4.99 Å². The predicted molar refractivity (Wildman–Crippen MR) is 61.9 cm³/mol. The van der Waals surface area contributed by atoms with Crippen LogP contribution in [0, 0.1) is 5.92 Å². The molecule has 0 aromatic heterocycles. The van der Waals surface area contributed by atoms with Gasteiger partial charge in [0.05, 0.1) is 12.8 Å². The first-order valence-electron chi connectivity index (χ1n) is 6.58. The van der Waals surface area contributed by atoms with Gasteiger partial charge in [0, 0.05) is 19.0 Å². The van der Waals surface area contributed by atoms with Gasteiger partial charge in [-0.2, -0.15) is 0 Å². The minimum atomic E-state index is -1.52. The van der Waals surface area contributed by atoms with E-state index in [1.54, 1.807) is 0 Å². The highest BCUT2D eigenvalue weighted by Gasteiger charge is 2.49. The number of nitrogens with zero attached hydrogens (tertiary/aromatic N) is 2. The van der Waals surface area contributed by atoms with Crippen molar-refractivity contribution in [2.24, 2.45) is 10.9 Å². The molecule has 3 rings (SSSR count). The summed E-state index contributed by atoms with van der Waals surface area (Å²) in [6.07, 6.45) is -0.686. The third kappa shape index (κ3) is 1.86. The number of aliphatic hydroxyl groups excluding tert-OH is 1. The molecule has 2 fully saturated rings. The first-order chi connectivity index (χ1) is 8.70. The molecule has 0 aromatic rings. The van der Waals surface area contributed by atoms with Gasteiger partial charge in [-0.25, -0.2) is 9.38 Å². The van der Waals surface area contributed by atoms with E-state index < -0.39 is 37.0 Å². The Labute approximate surface area is 105 Å². The monoisotopic (exact) mass is 260 g/mol. The summed E-state index contributed by atoms with van der Waals surface area (Å²) in [4.78, 5) is 6.26. The quantitative estimate of drug-likeness (QED) is 0.761. The Hall–Kier alpha value is -0.910. The Morgan fingerprint density at radius 2 is 2.11 bits per heavy atom. The molecule has 0 amide bonds. The number of ether oxygens (including phenoxy) is 1. The molecule has 0 spiro atoms. The number of hydrogen-bond acceptors (Lipinski definition) is 4. The molecule has 102 valence electrons. The van der Waals surface area contributed by atoms with E-state index in [9.17, 15) is 13.9 Å². The molecule has 0 radical (unpaired) electrons. The molecule has 0 bridgehead atoms. The van der Waals surface area contributed by atoms with Crippen LogP contribution in [0.5, 0.6) is 0 Å². The summed E-state index contributed by atoms with van der Waals surface area (Å²) in [6, 6.07) is -0.185. The molecule has 3 aliphatic rings. The number of alkyl halides is 2. The summed E-state index contributed by atoms with van der Waals surface area (Å²) in [7, 11) is 0. The van der Waals surface area contributed by atoms with Crippen molar-refractivity contribution in [3.8, 4) is 0 Å². The zero-order chi connectivity index (χ0) is 12.7. The topological polar surface area (TPSA) is 45.1 Å². The SMILES string of the molecule is OC1C(CF)CC2OC(N3CCCC3)=NC2C1F. The van der Waals surface area contributed by atoms with Crippen LogP contribution in [0.4, 0.5) is 8.78 Å². The highest BCUT2D eigenvalue weighted by atomic mass is 19.1. The third-order valence-corrected chi connectivity index (χ3v) is 4.14. The Bertz CT molecular complexity index is 347. The second-order valence-electron chi connectivity index (χ2n) is 5.34. The van der Waals surface area contributed by atoms with Crippen molar-refractivity contribution in [1.29, 1.82) is 0 Å². The maximum Gasteiger partial charge on any atom is 0.288 e. The second-order valence-corrected chi connectivity index (χ2v) is 5.34. The van der Waals surface area contributed by atoms with Crippen LogP contribution in [0.3, 0.4) is 0 Å². The summed E-state index contributed by atoms with van der Waals surface area (Å²) in [5, 5.41) is 9.68. The van der Waals surface area contributed by atoms with E-state index in [0.29, 0.717) is 12.4 Å². The normalized spacial score (nSPS) is 43.6. The fourth-order valence-corrected chi connectivity index (χ4v) is 3.03. The van der Waals surface area contributed by atoms with E-state index >= 15 is 0 Å². The maximum atomic E-state index is 14.0. The van der Waals surface area contributed by atoms with Gasteiger partial charge in [-0.3, -0.25) is 4.39 Å². The lowest BCUT2D eigenvalue weighted by Crippen LogP contribution is -2.50. The van der Waals surface area contributed by atoms with Gasteiger partial charge in [0.25, 0.3) is 6.02 Å². The lowest BCUT2D eigenvalue weighted by atomic mass is 9.81. The Morgan fingerprint density at radius 3 is 2.78 bits per heavy atom. The van der Waals surface area contributed by atoms with Crippen LogP contribution >= 0.6 is 0 Å². The van der Waals surface area contributed by atoms with Gasteiger partial charge in [0.15, 0.2) is 6.17 Å². The fourth-order valence-electron chi connectivity index (χ4n) is 3.03. The Morgan fingerprint density at radius 1 is 1.39 bits per heavy atom. The summed E-state index contributed by atoms with van der Waals surface area (Å²) in [5.41, 5.74) is 0. The van der Waals surface area contributed by atoms with Crippen LogP contribution in [-0.4, -0.2) is 60.2 Å². The van der Waals surface area contributed by atoms with Crippen LogP contribution in [0.25, 0.3) is 0 Å². The maximum absolute atomic E-state index is 14.0. The third-order valence-electron chi connectivity index (χ3n) is 4.14. The smallest absolute Gasteiger partial charge is 0.288 e. The van der Waals surface area contributed by atoms with Crippen molar-refractivity contribution in [2.75, 3.05) is 19.8 Å². The van der Waals surface area contributed by atoms with Crippen molar-refractivity contribution < 1.29 is 18.6 Å². The summed E-state index contributed by atoms with van der Waals surface area (Å²) in [5.74, 6) is -0.672. The van der Waals surface area contributed by atoms with Gasteiger partial charge < -0.3 is 14.7 Å². The van der Waals surface area contributed by atoms with E-state index in [2.05, 4.69) is 4.99 Å². The second kappa shape index (κ2) is 4.64. The van der Waals surface area contributed by atoms with Crippen LogP contribution < -0.4 is 0 Å². The Kier molecular flexibility index (Phi) is 3.13. The van der Waals surface area contributed by atoms with Gasteiger partial charge in [-0.05, 0) is 19.3 Å². The zero-order valence-corrected chi connectivity index (χ0v) is 10.1. The highest BCUT2D eigenvalue weighted by Crippen LogP contribution is 2.35. The van der Waals surface area contributed by atoms with Crippen LogP contribution in [0.1, 0.15) is 19.3 Å². The standard InChI is InChI=1S/C12H18F2N2O2/c13-6-7-5-8-10(9(14)11(7)17)15-12(18-8)16-3-1-2-4-16/h7-11,17H,1-6H2. The molecule has 2 aliphatic heterocycles. The molecule has 1 saturated carbocycles. The first kappa shape index (κ1) is 12.1. The number of amidine groups is 1. The number of rotatable bonds is 1. The highest BCUT2D eigenvalue weighted by molar-refractivity contribution is 5.76. The molecular formula is C12H18F2N2O2. The van der Waals surface area contributed by atoms with E-state index in [0.717, 1.165) is 25.9 Å². The van der Waals surface area contributed by atoms with Crippen LogP contribution in [-0.2, 0) is 4.74 Å². The largest absolute Gasteiger partial charge is 0.459 e. The minimum Gasteiger partial charge on any atom is -0.459 e. The van der Waals surface area contributed by atoms with E-state index in [1.807, 2.05) is 4.90 Å². The van der Waals surface area contributed by atoms with Gasteiger partial charge in [-0.1, -0.05) is 0 Å². The molecule has 1 aliphatic carbocycles. The average molecular weight is 260 g/mol. The lowest BCUT2D eigenvalue weighted by Gasteiger charge is -2.35. The Balaban J connectivity index is 1.74. The van der Waals surface area contributed by atoms with Gasteiger partial charge in [-0.15, -0.1) is 0 Å². The number of hydrogen-bond donors (Lipinski definition) is 1. The van der Waals surface area contributed by atoms with Crippen molar-refractivity contribution >= 4 is 6.02 Å². The molecular weight excluding hydrogens is 242 g/mol. The zero-order valence-electron chi connectivity index (χ0n) is 10.1. The van der Waals surface area contributed by atoms with E-state index in [-0.39, 0.29) is 0 Å². The fraction of sp³-hybridized carbons (Fsp3) is 0.917. The molecule has 0 aromatic carbocycles. The van der Waals surface area contributed by atoms with E-state index in [4.69, 9.17) is 4.74 Å². The summed E-state index contributed by atoms with van der Waals surface area (Å²) < 4.78 is 32.4. The van der Waals surface area contributed by atoms with Crippen molar-refractivity contribution in [3.63, 3.8) is 0 Å². The number of likely N-dealkylation sites (tertiary alicyclic amines) is 1. The van der Waals surface area contributed by atoms with Crippen molar-refractivity contribution in [2.45, 2.75) is 43.7 Å². The molecule has 2 heterocycles. The van der Waals surface area contributed by atoms with Gasteiger partial charge in [0.2, 0.25) is 0 Å². The van der Waals surface area contributed by atoms with E-state index in [1.165, 1.54) is 0 Å². The molecule has 1 saturated heterocycles. The minimum absolute atomic E-state index is 0.337. The molecule has 6 heteroatoms. The first-order valence-corrected chi connectivity index (χ1v) is 6.58. The number of aliphatic hydroxyl groups is 1. The van der Waals surface area contributed by atoms with Crippen LogP contribution in [0.2, 0.25) is 0 Å².